The van der Waals surface area contributed by atoms with Crippen LogP contribution in [-0.4, -0.2) is 39.2 Å². The lowest BCUT2D eigenvalue weighted by molar-refractivity contribution is 0.291. The third kappa shape index (κ3) is 6.66. The molecule has 5 heteroatoms. The van der Waals surface area contributed by atoms with E-state index in [1.165, 1.54) is 35.3 Å². The highest BCUT2D eigenvalue weighted by Crippen LogP contribution is 2.31. The quantitative estimate of drug-likeness (QED) is 0.296. The van der Waals surface area contributed by atoms with E-state index in [0.717, 1.165) is 48.1 Å². The molecule has 0 bridgehead atoms. The van der Waals surface area contributed by atoms with Crippen molar-refractivity contribution < 1.29 is 0 Å². The molecule has 3 aromatic rings. The molecule has 0 amide bonds. The van der Waals surface area contributed by atoms with Crippen molar-refractivity contribution in [1.82, 2.24) is 14.3 Å². The summed E-state index contributed by atoms with van der Waals surface area (Å²) in [6.45, 7) is 10.7. The van der Waals surface area contributed by atoms with Crippen LogP contribution in [0.5, 0.6) is 0 Å². The maximum absolute atomic E-state index is 12.9. The lowest BCUT2D eigenvalue weighted by Gasteiger charge is -2.26. The van der Waals surface area contributed by atoms with E-state index in [1.807, 2.05) is 24.0 Å². The number of benzene rings is 1. The van der Waals surface area contributed by atoms with E-state index >= 15 is 0 Å². The van der Waals surface area contributed by atoms with Gasteiger partial charge in [-0.3, -0.25) is 14.1 Å². The highest BCUT2D eigenvalue weighted by atomic mass is 32.2. The Morgan fingerprint density at radius 3 is 2.40 bits per heavy atom. The molecule has 0 atom stereocenters. The Morgan fingerprint density at radius 2 is 1.77 bits per heavy atom. The molecule has 0 spiro atoms. The van der Waals surface area contributed by atoms with Crippen molar-refractivity contribution in [3.05, 3.63) is 70.2 Å². The summed E-state index contributed by atoms with van der Waals surface area (Å²) in [5, 5.41) is 0. The van der Waals surface area contributed by atoms with Crippen LogP contribution in [0.1, 0.15) is 57.6 Å². The van der Waals surface area contributed by atoms with Gasteiger partial charge in [0.15, 0.2) is 0 Å². The lowest BCUT2D eigenvalue weighted by Crippen LogP contribution is -2.30. The van der Waals surface area contributed by atoms with Crippen molar-refractivity contribution >= 4 is 23.0 Å². The number of nitrogens with zero attached hydrogens (tertiary/aromatic N) is 3. The number of pyridine rings is 1. The summed E-state index contributed by atoms with van der Waals surface area (Å²) in [6, 6.07) is 12.9. The molecule has 3 heterocycles. The average molecular weight is 488 g/mol. The normalized spacial score (nSPS) is 15.4. The maximum Gasteiger partial charge on any atom is 0.258 e. The van der Waals surface area contributed by atoms with Gasteiger partial charge in [-0.05, 0) is 66.8 Å². The summed E-state index contributed by atoms with van der Waals surface area (Å²) in [5.74, 6) is 1.02. The van der Waals surface area contributed by atoms with Gasteiger partial charge in [-0.25, -0.2) is 4.98 Å². The van der Waals surface area contributed by atoms with Crippen molar-refractivity contribution in [3.63, 3.8) is 0 Å². The molecular weight excluding hydrogens is 450 g/mol. The molecule has 184 valence electrons. The van der Waals surface area contributed by atoms with Crippen LogP contribution in [0.15, 0.2) is 58.4 Å². The number of hydrogen-bond acceptors (Lipinski definition) is 4. The molecule has 2 aliphatic rings. The summed E-state index contributed by atoms with van der Waals surface area (Å²) in [6.07, 6.45) is 17.3. The van der Waals surface area contributed by atoms with Gasteiger partial charge in [0, 0.05) is 41.9 Å². The number of aryl methyl sites for hydroxylation is 1. The Hall–Kier alpha value is -2.81. The van der Waals surface area contributed by atoms with Gasteiger partial charge in [0.1, 0.15) is 5.65 Å². The van der Waals surface area contributed by atoms with Crippen molar-refractivity contribution in [2.75, 3.05) is 18.8 Å². The van der Waals surface area contributed by atoms with Gasteiger partial charge >= 0.3 is 0 Å². The molecule has 0 radical (unpaired) electrons. The Morgan fingerprint density at radius 1 is 1.06 bits per heavy atom. The Kier molecular flexibility index (Phi) is 9.77. The van der Waals surface area contributed by atoms with E-state index in [4.69, 9.17) is 4.98 Å². The summed E-state index contributed by atoms with van der Waals surface area (Å²) in [4.78, 5) is 21.5. The molecular formula is C30H37N3OS. The van der Waals surface area contributed by atoms with Gasteiger partial charge in [0.25, 0.3) is 5.56 Å². The monoisotopic (exact) mass is 487 g/mol. The number of aromatic nitrogens is 2. The van der Waals surface area contributed by atoms with E-state index in [2.05, 4.69) is 75.8 Å². The second-order valence-electron chi connectivity index (χ2n) is 8.95. The fourth-order valence-electron chi connectivity index (χ4n) is 4.23. The molecule has 1 aliphatic heterocycles. The molecule has 1 fully saturated rings. The molecule has 0 N–H and O–H groups in total. The summed E-state index contributed by atoms with van der Waals surface area (Å²) >= 11 is 1.82. The van der Waals surface area contributed by atoms with E-state index < -0.39 is 0 Å². The molecule has 0 saturated heterocycles. The van der Waals surface area contributed by atoms with Gasteiger partial charge < -0.3 is 0 Å². The first kappa shape index (κ1) is 26.8. The van der Waals surface area contributed by atoms with Gasteiger partial charge in [0.2, 0.25) is 0 Å². The third-order valence-corrected chi connectivity index (χ3v) is 7.16. The summed E-state index contributed by atoms with van der Waals surface area (Å²) in [5.41, 5.74) is 6.13. The topological polar surface area (TPSA) is 37.6 Å². The van der Waals surface area contributed by atoms with E-state index in [-0.39, 0.29) is 5.56 Å². The van der Waals surface area contributed by atoms with Crippen LogP contribution >= 0.6 is 11.8 Å². The van der Waals surface area contributed by atoms with Crippen LogP contribution in [0.4, 0.5) is 0 Å². The second kappa shape index (κ2) is 12.8. The first-order chi connectivity index (χ1) is 17.0. The zero-order valence-electron chi connectivity index (χ0n) is 21.5. The van der Waals surface area contributed by atoms with Crippen LogP contribution in [0.3, 0.4) is 0 Å². The van der Waals surface area contributed by atoms with Crippen molar-refractivity contribution in [2.45, 2.75) is 64.3 Å². The molecule has 1 aromatic carbocycles. The Bertz CT molecular complexity index is 1250. The average Bonchev–Trinajstić information content (AvgIpc) is 3.73. The van der Waals surface area contributed by atoms with Crippen LogP contribution in [0, 0.1) is 19.8 Å². The number of rotatable bonds is 5. The van der Waals surface area contributed by atoms with Gasteiger partial charge in [-0.15, -0.1) is 24.6 Å². The summed E-state index contributed by atoms with van der Waals surface area (Å²) < 4.78 is 1.68. The fourth-order valence-corrected chi connectivity index (χ4v) is 5.05. The van der Waals surface area contributed by atoms with Gasteiger partial charge in [-0.1, -0.05) is 45.4 Å². The van der Waals surface area contributed by atoms with Gasteiger partial charge in [-0.2, -0.15) is 0 Å². The van der Waals surface area contributed by atoms with Crippen molar-refractivity contribution in [2.24, 2.45) is 0 Å². The standard InChI is InChI=1S/C25H27N3OS.C3H8.C2H2/c1-3-30-23-14-19(5-4-17(23)2)22-15-25(29)28-16-20(6-9-24(28)26-22)18-10-12-27(13-11-18)21-7-8-21;1-3-2;1-2/h4-6,9-10,14-16,21H,3,7-8,11-13H2,1-2H3;3H2,1-2H3;1-2H. The molecule has 4 nitrogen and oxygen atoms in total. The van der Waals surface area contributed by atoms with Crippen molar-refractivity contribution in [3.8, 4) is 24.1 Å². The highest BCUT2D eigenvalue weighted by molar-refractivity contribution is 7.99. The summed E-state index contributed by atoms with van der Waals surface area (Å²) in [7, 11) is 0. The fraction of sp³-hybridized carbons (Fsp3) is 0.400. The molecule has 1 saturated carbocycles. The number of terminal acetylenes is 1. The second-order valence-corrected chi connectivity index (χ2v) is 10.3. The number of hydrogen-bond donors (Lipinski definition) is 0. The first-order valence-electron chi connectivity index (χ1n) is 12.6. The predicted molar refractivity (Wildman–Crippen MR) is 151 cm³/mol. The van der Waals surface area contributed by atoms with E-state index in [1.54, 1.807) is 10.5 Å². The van der Waals surface area contributed by atoms with Gasteiger partial charge in [0.05, 0.1) is 5.69 Å². The van der Waals surface area contributed by atoms with Crippen LogP contribution < -0.4 is 5.56 Å². The smallest absolute Gasteiger partial charge is 0.258 e. The minimum Gasteiger partial charge on any atom is -0.296 e. The van der Waals surface area contributed by atoms with Crippen LogP contribution in [0.25, 0.3) is 22.5 Å². The molecule has 0 unspecified atom stereocenters. The molecule has 5 rings (SSSR count). The Labute approximate surface area is 214 Å². The molecule has 35 heavy (non-hydrogen) atoms. The SMILES string of the molecule is C#C.CCC.CCSc1cc(-c2cc(=O)n3cc(C4=CCN(C5CC5)CC4)ccc3n2)ccc1C. The highest BCUT2D eigenvalue weighted by Gasteiger charge is 2.29. The van der Waals surface area contributed by atoms with E-state index in [9.17, 15) is 4.79 Å². The Balaban J connectivity index is 0.000000638. The van der Waals surface area contributed by atoms with Crippen LogP contribution in [0.2, 0.25) is 0 Å². The van der Waals surface area contributed by atoms with Crippen molar-refractivity contribution in [1.29, 1.82) is 0 Å². The van der Waals surface area contributed by atoms with Crippen LogP contribution in [-0.2, 0) is 0 Å². The minimum absolute atomic E-state index is 0.0295. The maximum atomic E-state index is 12.9. The minimum atomic E-state index is -0.0295. The molecule has 1 aliphatic carbocycles. The first-order valence-corrected chi connectivity index (χ1v) is 13.6. The largest absolute Gasteiger partial charge is 0.296 e. The zero-order chi connectivity index (χ0) is 25.4. The third-order valence-electron chi connectivity index (χ3n) is 6.12. The number of fused-ring (bicyclic) bond motifs is 1. The zero-order valence-corrected chi connectivity index (χ0v) is 22.3. The number of thioether (sulfide) groups is 1. The predicted octanol–water partition coefficient (Wildman–Crippen LogP) is 6.70. The molecule has 2 aromatic heterocycles. The lowest BCUT2D eigenvalue weighted by atomic mass is 10.0. The van der Waals surface area contributed by atoms with E-state index in [0.29, 0.717) is 5.65 Å².